The summed E-state index contributed by atoms with van der Waals surface area (Å²) in [6, 6.07) is -0.949. The van der Waals surface area contributed by atoms with Crippen LogP contribution in [0.1, 0.15) is 31.4 Å². The predicted octanol–water partition coefficient (Wildman–Crippen LogP) is 0.973. The molecule has 2 atom stereocenters. The van der Waals surface area contributed by atoms with Gasteiger partial charge in [-0.15, -0.1) is 23.1 Å². The van der Waals surface area contributed by atoms with Gasteiger partial charge >= 0.3 is 12.1 Å². The van der Waals surface area contributed by atoms with Crippen molar-refractivity contribution >= 4 is 57.9 Å². The second-order valence-corrected chi connectivity index (χ2v) is 10.4. The van der Waals surface area contributed by atoms with Crippen LogP contribution in [-0.4, -0.2) is 90.4 Å². The van der Waals surface area contributed by atoms with E-state index in [1.807, 2.05) is 0 Å². The molecule has 1 aromatic rings. The van der Waals surface area contributed by atoms with Gasteiger partial charge in [-0.2, -0.15) is 0 Å². The van der Waals surface area contributed by atoms with Crippen molar-refractivity contribution in [1.29, 1.82) is 0 Å². The number of methoxy groups -OCH3 is 1. The zero-order valence-corrected chi connectivity index (χ0v) is 22.3. The molecule has 3 heterocycles. The molecule has 0 unspecified atom stereocenters. The van der Waals surface area contributed by atoms with Gasteiger partial charge in [0.2, 0.25) is 6.79 Å². The van der Waals surface area contributed by atoms with Crippen molar-refractivity contribution in [2.24, 2.45) is 5.16 Å². The van der Waals surface area contributed by atoms with Crippen LogP contribution in [0.2, 0.25) is 0 Å². The number of hydrogen-bond donors (Lipinski definition) is 2. The molecule has 206 valence electrons. The Balaban J connectivity index is 1.39. The lowest BCUT2D eigenvalue weighted by Gasteiger charge is -2.49. The number of anilines is 1. The number of nitrogen functional groups attached to an aromatic ring is 1. The third-order valence-electron chi connectivity index (χ3n) is 5.94. The Labute approximate surface area is 225 Å². The molecule has 38 heavy (non-hydrogen) atoms. The highest BCUT2D eigenvalue weighted by molar-refractivity contribution is 8.00. The van der Waals surface area contributed by atoms with Crippen molar-refractivity contribution in [2.75, 3.05) is 39.1 Å². The van der Waals surface area contributed by atoms with Crippen molar-refractivity contribution in [3.05, 3.63) is 22.3 Å². The number of oxime groups is 1. The van der Waals surface area contributed by atoms with Gasteiger partial charge in [-0.05, 0) is 31.3 Å². The van der Waals surface area contributed by atoms with Crippen LogP contribution in [0.5, 0.6) is 0 Å². The summed E-state index contributed by atoms with van der Waals surface area (Å²) < 4.78 is 20.3. The number of β-lactam (4-membered cyclic amide) rings is 1. The molecule has 0 radical (unpaired) electrons. The Hall–Kier alpha value is -3.37. The number of nitrogens with zero attached hydrogens (tertiary/aromatic N) is 3. The molecule has 14 nitrogen and oxygen atoms in total. The molecule has 1 saturated heterocycles. The van der Waals surface area contributed by atoms with Crippen molar-refractivity contribution in [3.8, 4) is 0 Å². The second-order valence-electron chi connectivity index (χ2n) is 8.41. The van der Waals surface area contributed by atoms with E-state index in [4.69, 9.17) is 29.5 Å². The van der Waals surface area contributed by atoms with Gasteiger partial charge in [0, 0.05) is 18.2 Å². The van der Waals surface area contributed by atoms with Gasteiger partial charge in [-0.3, -0.25) is 14.5 Å². The first kappa shape index (κ1) is 27.7. The molecule has 3 N–H and O–H groups in total. The maximum absolute atomic E-state index is 13.1. The van der Waals surface area contributed by atoms with E-state index in [1.54, 1.807) is 0 Å². The summed E-state index contributed by atoms with van der Waals surface area (Å²) in [7, 11) is 2.73. The Bertz CT molecular complexity index is 1150. The Kier molecular flexibility index (Phi) is 9.06. The molecule has 1 aliphatic carbocycles. The van der Waals surface area contributed by atoms with Crippen LogP contribution in [-0.2, 0) is 38.2 Å². The van der Waals surface area contributed by atoms with Gasteiger partial charge in [0.15, 0.2) is 10.8 Å². The third-order valence-corrected chi connectivity index (χ3v) is 7.95. The van der Waals surface area contributed by atoms with E-state index in [0.29, 0.717) is 11.3 Å². The number of fused-ring (bicyclic) bond motifs is 1. The normalized spacial score (nSPS) is 21.5. The first-order valence-corrected chi connectivity index (χ1v) is 13.6. The summed E-state index contributed by atoms with van der Waals surface area (Å²) in [5.74, 6) is -1.76. The van der Waals surface area contributed by atoms with Gasteiger partial charge in [-0.25, -0.2) is 14.6 Å². The van der Waals surface area contributed by atoms with Crippen LogP contribution in [0, 0.1) is 0 Å². The highest BCUT2D eigenvalue weighted by Gasteiger charge is 2.54. The SMILES string of the molecule is COCC1=C(C(=O)OCOC(=O)OC2CCCC2)N2C(=O)[C@@H](NC(=O)/C(=N\OC)c3csc(N)n3)[C@H]2SC1. The molecule has 16 heteroatoms. The van der Waals surface area contributed by atoms with Crippen molar-refractivity contribution in [2.45, 2.75) is 43.2 Å². The second kappa shape index (κ2) is 12.4. The monoisotopic (exact) mass is 569 g/mol. The van der Waals surface area contributed by atoms with Crippen LogP contribution >= 0.6 is 23.1 Å². The molecular weight excluding hydrogens is 542 g/mol. The van der Waals surface area contributed by atoms with Crippen LogP contribution < -0.4 is 11.1 Å². The molecule has 0 spiro atoms. The van der Waals surface area contributed by atoms with E-state index in [-0.39, 0.29) is 34.9 Å². The van der Waals surface area contributed by atoms with Gasteiger partial charge in [0.1, 0.15) is 36.0 Å². The minimum absolute atomic E-state index is 0.0167. The molecule has 2 amide bonds. The van der Waals surface area contributed by atoms with E-state index in [1.165, 1.54) is 36.3 Å². The van der Waals surface area contributed by atoms with Crippen molar-refractivity contribution in [1.82, 2.24) is 15.2 Å². The number of carbonyl (C=O) groups excluding carboxylic acids is 4. The highest BCUT2D eigenvalue weighted by Crippen LogP contribution is 2.40. The number of nitrogens with two attached hydrogens (primary N) is 1. The Morgan fingerprint density at radius 3 is 2.66 bits per heavy atom. The summed E-state index contributed by atoms with van der Waals surface area (Å²) in [4.78, 5) is 60.8. The zero-order valence-electron chi connectivity index (χ0n) is 20.7. The number of carbonyl (C=O) groups is 4. The summed E-state index contributed by atoms with van der Waals surface area (Å²) in [6.45, 7) is -0.604. The number of rotatable bonds is 10. The van der Waals surface area contributed by atoms with E-state index in [2.05, 4.69) is 15.5 Å². The molecule has 4 rings (SSSR count). The van der Waals surface area contributed by atoms with E-state index < -0.39 is 42.1 Å². The molecule has 0 bridgehead atoms. The van der Waals surface area contributed by atoms with Crippen LogP contribution in [0.15, 0.2) is 21.8 Å². The number of nitrogens with one attached hydrogen (secondary N) is 1. The maximum atomic E-state index is 13.1. The molecular formula is C22H27N5O9S2. The first-order chi connectivity index (χ1) is 18.3. The lowest BCUT2D eigenvalue weighted by molar-refractivity contribution is -0.158. The molecule has 1 aromatic heterocycles. The molecule has 1 saturated carbocycles. The van der Waals surface area contributed by atoms with Crippen LogP contribution in [0.25, 0.3) is 0 Å². The Morgan fingerprint density at radius 2 is 2.00 bits per heavy atom. The number of amides is 2. The minimum Gasteiger partial charge on any atom is -0.431 e. The fraction of sp³-hybridized carbons (Fsp3) is 0.545. The predicted molar refractivity (Wildman–Crippen MR) is 135 cm³/mol. The van der Waals surface area contributed by atoms with Crippen LogP contribution in [0.3, 0.4) is 0 Å². The summed E-state index contributed by atoms with van der Waals surface area (Å²) in [5.41, 5.74) is 6.20. The fourth-order valence-corrected chi connectivity index (χ4v) is 6.11. The zero-order chi connectivity index (χ0) is 27.2. The summed E-state index contributed by atoms with van der Waals surface area (Å²) >= 11 is 2.46. The Morgan fingerprint density at radius 1 is 1.24 bits per heavy atom. The van der Waals surface area contributed by atoms with Crippen molar-refractivity contribution < 1.29 is 43.0 Å². The third kappa shape index (κ3) is 6.02. The standard InChI is InChI=1S/C22H27N5O9S2/c1-32-7-11-8-37-19-15(25-17(28)14(26-33-2)13-9-38-21(23)24-13)18(29)27(19)16(11)20(30)34-10-35-22(31)36-12-5-3-4-6-12/h9,12,15,19H,3-8,10H2,1-2H3,(H2,23,24)(H,25,28)/b26-14-/t15-,19-/m1/s1. The lowest BCUT2D eigenvalue weighted by atomic mass is 10.0. The average molecular weight is 570 g/mol. The topological polar surface area (TPSA) is 181 Å². The number of esters is 1. The summed E-state index contributed by atoms with van der Waals surface area (Å²) in [6.07, 6.45) is 2.38. The van der Waals surface area contributed by atoms with E-state index in [0.717, 1.165) is 37.0 Å². The molecule has 0 aromatic carbocycles. The van der Waals surface area contributed by atoms with Crippen molar-refractivity contribution in [3.63, 3.8) is 0 Å². The number of aromatic nitrogens is 1. The molecule has 3 aliphatic rings. The smallest absolute Gasteiger partial charge is 0.431 e. The van der Waals surface area contributed by atoms with Gasteiger partial charge in [0.25, 0.3) is 11.8 Å². The fourth-order valence-electron chi connectivity index (χ4n) is 4.23. The highest BCUT2D eigenvalue weighted by atomic mass is 32.2. The van der Waals surface area contributed by atoms with E-state index in [9.17, 15) is 19.2 Å². The number of thiazole rings is 1. The average Bonchev–Trinajstić information content (AvgIpc) is 3.57. The largest absolute Gasteiger partial charge is 0.511 e. The van der Waals surface area contributed by atoms with Gasteiger partial charge < -0.3 is 34.8 Å². The van der Waals surface area contributed by atoms with Gasteiger partial charge in [0.05, 0.1) is 6.61 Å². The van der Waals surface area contributed by atoms with Gasteiger partial charge in [-0.1, -0.05) is 5.16 Å². The lowest BCUT2D eigenvalue weighted by Crippen LogP contribution is -2.71. The quantitative estimate of drug-likeness (QED) is 0.134. The molecule has 2 aliphatic heterocycles. The van der Waals surface area contributed by atoms with E-state index >= 15 is 0 Å². The molecule has 2 fully saturated rings. The number of hydrogen-bond acceptors (Lipinski definition) is 14. The van der Waals surface area contributed by atoms with Crippen LogP contribution in [0.4, 0.5) is 9.93 Å². The minimum atomic E-state index is -0.949. The number of ether oxygens (including phenoxy) is 4. The maximum Gasteiger partial charge on any atom is 0.511 e. The number of thioether (sulfide) groups is 1. The summed E-state index contributed by atoms with van der Waals surface area (Å²) in [5, 5.41) is 7.53. The first-order valence-electron chi connectivity index (χ1n) is 11.6.